The van der Waals surface area contributed by atoms with Gasteiger partial charge in [-0.15, -0.1) is 10.2 Å². The smallest absolute Gasteiger partial charge is 0.234 e. The molecule has 0 atom stereocenters. The predicted molar refractivity (Wildman–Crippen MR) is 91.2 cm³/mol. The number of rotatable bonds is 5. The van der Waals surface area contributed by atoms with Crippen LogP contribution in [-0.2, 0) is 11.2 Å². The van der Waals surface area contributed by atoms with E-state index in [1.807, 2.05) is 0 Å². The Bertz CT molecular complexity index is 824. The van der Waals surface area contributed by atoms with Crippen molar-refractivity contribution in [3.8, 4) is 0 Å². The summed E-state index contributed by atoms with van der Waals surface area (Å²) in [5.74, 6) is 1.05. The number of nitrogens with zero attached hydrogens (tertiary/aromatic N) is 4. The molecule has 3 rings (SSSR count). The molecule has 0 fully saturated rings. The van der Waals surface area contributed by atoms with Crippen LogP contribution >= 0.6 is 22.9 Å². The van der Waals surface area contributed by atoms with Crippen LogP contribution in [0.1, 0.15) is 37.0 Å². The first-order valence-corrected chi connectivity index (χ1v) is 8.49. The van der Waals surface area contributed by atoms with Crippen molar-refractivity contribution in [1.82, 2.24) is 19.8 Å². The van der Waals surface area contributed by atoms with E-state index in [1.165, 1.54) is 11.3 Å². The molecule has 8 heteroatoms. The Morgan fingerprint density at radius 1 is 1.30 bits per heavy atom. The molecule has 23 heavy (non-hydrogen) atoms. The maximum absolute atomic E-state index is 12.0. The predicted octanol–water partition coefficient (Wildman–Crippen LogP) is 3.53. The molecule has 0 saturated heterocycles. The highest BCUT2D eigenvalue weighted by Gasteiger charge is 2.14. The normalized spacial score (nSPS) is 11.3. The molecule has 2 heterocycles. The summed E-state index contributed by atoms with van der Waals surface area (Å²) < 4.78 is 1.77. The van der Waals surface area contributed by atoms with Crippen molar-refractivity contribution >= 4 is 39.5 Å². The van der Waals surface area contributed by atoms with Gasteiger partial charge >= 0.3 is 0 Å². The van der Waals surface area contributed by atoms with Gasteiger partial charge in [-0.1, -0.05) is 36.8 Å². The van der Waals surface area contributed by atoms with E-state index >= 15 is 0 Å². The minimum atomic E-state index is -0.0534. The van der Waals surface area contributed by atoms with Crippen molar-refractivity contribution in [3.63, 3.8) is 0 Å². The number of fused-ring (bicyclic) bond motifs is 1. The third-order valence-electron chi connectivity index (χ3n) is 3.27. The van der Waals surface area contributed by atoms with Crippen molar-refractivity contribution in [2.45, 2.75) is 32.6 Å². The number of hydrogen-bond acceptors (Lipinski definition) is 5. The number of hydrogen-bond donors (Lipinski definition) is 1. The van der Waals surface area contributed by atoms with Crippen LogP contribution in [0.25, 0.3) is 4.96 Å². The second-order valence-electron chi connectivity index (χ2n) is 5.46. The zero-order valence-corrected chi connectivity index (χ0v) is 14.4. The van der Waals surface area contributed by atoms with E-state index in [1.54, 1.807) is 28.8 Å². The summed E-state index contributed by atoms with van der Waals surface area (Å²) in [7, 11) is 0. The Morgan fingerprint density at radius 2 is 2.04 bits per heavy atom. The fourth-order valence-corrected chi connectivity index (χ4v) is 3.08. The summed E-state index contributed by atoms with van der Waals surface area (Å²) in [6, 6.07) is 7.04. The van der Waals surface area contributed by atoms with Gasteiger partial charge in [0.2, 0.25) is 10.9 Å². The molecule has 1 aromatic carbocycles. The Labute approximate surface area is 142 Å². The lowest BCUT2D eigenvalue weighted by Gasteiger charge is -2.04. The summed E-state index contributed by atoms with van der Waals surface area (Å²) in [6.07, 6.45) is 0.939. The number of aromatic nitrogens is 4. The summed E-state index contributed by atoms with van der Waals surface area (Å²) in [5.41, 5.74) is 0.736. The molecule has 1 N–H and O–H groups in total. The first-order chi connectivity index (χ1) is 11.0. The van der Waals surface area contributed by atoms with Gasteiger partial charge in [0.15, 0.2) is 5.82 Å². The number of halogens is 1. The van der Waals surface area contributed by atoms with Crippen molar-refractivity contribution in [1.29, 1.82) is 0 Å². The average Bonchev–Trinajstić information content (AvgIpc) is 3.07. The van der Waals surface area contributed by atoms with Gasteiger partial charge in [-0.05, 0) is 24.3 Å². The first kappa shape index (κ1) is 15.9. The van der Waals surface area contributed by atoms with Crippen LogP contribution in [0.5, 0.6) is 0 Å². The Hall–Kier alpha value is -1.99. The van der Waals surface area contributed by atoms with E-state index in [0.717, 1.165) is 21.5 Å². The lowest BCUT2D eigenvalue weighted by molar-refractivity contribution is -0.116. The summed E-state index contributed by atoms with van der Waals surface area (Å²) in [6.45, 7) is 4.10. The van der Waals surface area contributed by atoms with Crippen molar-refractivity contribution in [2.75, 3.05) is 5.32 Å². The van der Waals surface area contributed by atoms with Crippen LogP contribution in [0.2, 0.25) is 5.02 Å². The number of anilines is 1. The molecule has 2 aromatic heterocycles. The third-order valence-corrected chi connectivity index (χ3v) is 4.48. The molecule has 3 aromatic rings. The Kier molecular flexibility index (Phi) is 4.58. The molecule has 1 amide bonds. The standard InChI is InChI=1S/C15H16ClN5OS/c1-9(2)14-18-19-15-21(14)20-13(23-15)8-7-12(22)17-11-5-3-10(16)4-6-11/h3-6,9H,7-8H2,1-2H3,(H,17,22). The Balaban J connectivity index is 1.61. The lowest BCUT2D eigenvalue weighted by atomic mass is 10.2. The van der Waals surface area contributed by atoms with Gasteiger partial charge in [0, 0.05) is 29.5 Å². The monoisotopic (exact) mass is 349 g/mol. The molecule has 0 aliphatic heterocycles. The topological polar surface area (TPSA) is 72.2 Å². The minimum Gasteiger partial charge on any atom is -0.326 e. The maximum Gasteiger partial charge on any atom is 0.234 e. The van der Waals surface area contributed by atoms with Crippen LogP contribution in [-0.4, -0.2) is 25.7 Å². The highest BCUT2D eigenvalue weighted by atomic mass is 35.5. The molecular formula is C15H16ClN5OS. The van der Waals surface area contributed by atoms with Crippen LogP contribution in [0.15, 0.2) is 24.3 Å². The molecule has 0 aliphatic rings. The molecule has 0 saturated carbocycles. The van der Waals surface area contributed by atoms with E-state index in [9.17, 15) is 4.79 Å². The fraction of sp³-hybridized carbons (Fsp3) is 0.333. The van der Waals surface area contributed by atoms with Gasteiger partial charge in [0.05, 0.1) is 0 Å². The van der Waals surface area contributed by atoms with Crippen molar-refractivity contribution in [2.24, 2.45) is 0 Å². The zero-order valence-electron chi connectivity index (χ0n) is 12.8. The average molecular weight is 350 g/mol. The summed E-state index contributed by atoms with van der Waals surface area (Å²) in [5, 5.41) is 17.1. The second kappa shape index (κ2) is 6.64. The van der Waals surface area contributed by atoms with Crippen molar-refractivity contribution in [3.05, 3.63) is 40.1 Å². The van der Waals surface area contributed by atoms with Gasteiger partial charge in [-0.3, -0.25) is 4.79 Å². The maximum atomic E-state index is 12.0. The van der Waals surface area contributed by atoms with Crippen LogP contribution in [0.4, 0.5) is 5.69 Å². The number of aryl methyl sites for hydroxylation is 1. The van der Waals surface area contributed by atoms with Crippen LogP contribution in [0.3, 0.4) is 0 Å². The number of carbonyl (C=O) groups is 1. The van der Waals surface area contributed by atoms with E-state index in [4.69, 9.17) is 11.6 Å². The molecule has 0 unspecified atom stereocenters. The molecule has 0 aliphatic carbocycles. The number of benzene rings is 1. The third kappa shape index (κ3) is 3.68. The Morgan fingerprint density at radius 3 is 2.74 bits per heavy atom. The fourth-order valence-electron chi connectivity index (χ4n) is 2.11. The number of amides is 1. The summed E-state index contributed by atoms with van der Waals surface area (Å²) in [4.78, 5) is 12.8. The van der Waals surface area contributed by atoms with E-state index < -0.39 is 0 Å². The van der Waals surface area contributed by atoms with E-state index in [-0.39, 0.29) is 11.8 Å². The summed E-state index contributed by atoms with van der Waals surface area (Å²) >= 11 is 7.29. The first-order valence-electron chi connectivity index (χ1n) is 7.29. The van der Waals surface area contributed by atoms with Gasteiger partial charge in [-0.2, -0.15) is 9.61 Å². The molecule has 6 nitrogen and oxygen atoms in total. The second-order valence-corrected chi connectivity index (χ2v) is 6.94. The number of carbonyl (C=O) groups excluding carboxylic acids is 1. The SMILES string of the molecule is CC(C)c1nnc2sc(CCC(=O)Nc3ccc(Cl)cc3)nn12. The molecular weight excluding hydrogens is 334 g/mol. The van der Waals surface area contributed by atoms with Crippen molar-refractivity contribution < 1.29 is 4.79 Å². The van der Waals surface area contributed by atoms with E-state index in [0.29, 0.717) is 17.9 Å². The molecule has 0 bridgehead atoms. The quantitative estimate of drug-likeness (QED) is 0.764. The molecule has 0 spiro atoms. The molecule has 120 valence electrons. The molecule has 0 radical (unpaired) electrons. The largest absolute Gasteiger partial charge is 0.326 e. The van der Waals surface area contributed by atoms with Gasteiger partial charge in [-0.25, -0.2) is 0 Å². The van der Waals surface area contributed by atoms with Gasteiger partial charge in [0.1, 0.15) is 5.01 Å². The zero-order chi connectivity index (χ0) is 16.4. The minimum absolute atomic E-state index is 0.0534. The van der Waals surface area contributed by atoms with E-state index in [2.05, 4.69) is 34.5 Å². The van der Waals surface area contributed by atoms with Crippen LogP contribution in [0, 0.1) is 0 Å². The van der Waals surface area contributed by atoms with Gasteiger partial charge < -0.3 is 5.32 Å². The highest BCUT2D eigenvalue weighted by molar-refractivity contribution is 7.16. The number of nitrogens with one attached hydrogen (secondary N) is 1. The van der Waals surface area contributed by atoms with Gasteiger partial charge in [0.25, 0.3) is 0 Å². The lowest BCUT2D eigenvalue weighted by Crippen LogP contribution is -2.12. The highest BCUT2D eigenvalue weighted by Crippen LogP contribution is 2.20. The van der Waals surface area contributed by atoms with Crippen LogP contribution < -0.4 is 5.32 Å².